The summed E-state index contributed by atoms with van der Waals surface area (Å²) in [6, 6.07) is 10.3. The molecule has 1 heterocycles. The van der Waals surface area contributed by atoms with Crippen LogP contribution in [0.5, 0.6) is 0 Å². The summed E-state index contributed by atoms with van der Waals surface area (Å²) >= 11 is 0. The van der Waals surface area contributed by atoms with Gasteiger partial charge in [-0.15, -0.1) is 6.58 Å². The van der Waals surface area contributed by atoms with E-state index in [1.807, 2.05) is 18.3 Å². The SMILES string of the molecule is C=CCCCN(C)C(=NCc1cccc2cccnc12)NCC. The van der Waals surface area contributed by atoms with Gasteiger partial charge in [0.25, 0.3) is 0 Å². The van der Waals surface area contributed by atoms with Crippen molar-refractivity contribution in [3.8, 4) is 0 Å². The van der Waals surface area contributed by atoms with Crippen LogP contribution in [0, 0.1) is 0 Å². The van der Waals surface area contributed by atoms with E-state index in [4.69, 9.17) is 4.99 Å². The molecule has 1 N–H and O–H groups in total. The van der Waals surface area contributed by atoms with Crippen LogP contribution >= 0.6 is 0 Å². The minimum atomic E-state index is 0.627. The Balaban J connectivity index is 2.14. The second kappa shape index (κ2) is 8.93. The molecule has 0 amide bonds. The molecule has 1 aromatic heterocycles. The van der Waals surface area contributed by atoms with Crippen molar-refractivity contribution in [3.05, 3.63) is 54.7 Å². The van der Waals surface area contributed by atoms with E-state index in [0.29, 0.717) is 6.54 Å². The highest BCUT2D eigenvalue weighted by Gasteiger charge is 2.06. The molecule has 0 aliphatic carbocycles. The smallest absolute Gasteiger partial charge is 0.193 e. The first-order valence-corrected chi connectivity index (χ1v) is 8.19. The summed E-state index contributed by atoms with van der Waals surface area (Å²) in [5, 5.41) is 4.51. The largest absolute Gasteiger partial charge is 0.357 e. The molecule has 0 spiro atoms. The van der Waals surface area contributed by atoms with E-state index < -0.39 is 0 Å². The van der Waals surface area contributed by atoms with Crippen molar-refractivity contribution in [2.45, 2.75) is 26.3 Å². The van der Waals surface area contributed by atoms with Gasteiger partial charge in [-0.25, -0.2) is 4.99 Å². The predicted octanol–water partition coefficient (Wildman–Crippen LogP) is 3.60. The lowest BCUT2D eigenvalue weighted by Gasteiger charge is -2.21. The zero-order valence-corrected chi connectivity index (χ0v) is 14.1. The Labute approximate surface area is 138 Å². The zero-order chi connectivity index (χ0) is 16.5. The Hall–Kier alpha value is -2.36. The fourth-order valence-corrected chi connectivity index (χ4v) is 2.50. The summed E-state index contributed by atoms with van der Waals surface area (Å²) in [5.41, 5.74) is 2.18. The van der Waals surface area contributed by atoms with E-state index >= 15 is 0 Å². The average Bonchev–Trinajstić information content (AvgIpc) is 2.58. The fourth-order valence-electron chi connectivity index (χ4n) is 2.50. The van der Waals surface area contributed by atoms with Crippen LogP contribution in [0.4, 0.5) is 0 Å². The average molecular weight is 310 g/mol. The van der Waals surface area contributed by atoms with E-state index in [1.165, 1.54) is 0 Å². The standard InChI is InChI=1S/C19H26N4/c1-4-6-7-14-23(3)19(20-5-2)22-15-17-11-8-10-16-12-9-13-21-18(16)17/h4,8-13H,1,5-7,14-15H2,2-3H3,(H,20,22). The lowest BCUT2D eigenvalue weighted by molar-refractivity contribution is 0.470. The van der Waals surface area contributed by atoms with Crippen molar-refractivity contribution in [3.63, 3.8) is 0 Å². The van der Waals surface area contributed by atoms with Crippen LogP contribution in [-0.4, -0.2) is 36.0 Å². The number of unbranched alkanes of at least 4 members (excludes halogenated alkanes) is 1. The van der Waals surface area contributed by atoms with Gasteiger partial charge in [-0.1, -0.05) is 30.3 Å². The number of allylic oxidation sites excluding steroid dienone is 1. The second-order valence-corrected chi connectivity index (χ2v) is 5.51. The molecule has 0 fully saturated rings. The van der Waals surface area contributed by atoms with E-state index in [-0.39, 0.29) is 0 Å². The summed E-state index contributed by atoms with van der Waals surface area (Å²) in [5.74, 6) is 0.935. The number of guanidine groups is 1. The molecule has 0 aliphatic heterocycles. The third kappa shape index (κ3) is 4.81. The Bertz CT molecular complexity index is 658. The number of para-hydroxylation sites is 1. The number of pyridine rings is 1. The second-order valence-electron chi connectivity index (χ2n) is 5.51. The van der Waals surface area contributed by atoms with Gasteiger partial charge in [-0.05, 0) is 31.4 Å². The molecule has 2 aromatic rings. The van der Waals surface area contributed by atoms with Crippen LogP contribution in [0.1, 0.15) is 25.3 Å². The molecule has 4 nitrogen and oxygen atoms in total. The molecule has 4 heteroatoms. The summed E-state index contributed by atoms with van der Waals surface area (Å²) < 4.78 is 0. The van der Waals surface area contributed by atoms with Gasteiger partial charge in [0.2, 0.25) is 0 Å². The molecule has 1 aromatic carbocycles. The van der Waals surface area contributed by atoms with E-state index in [2.05, 4.69) is 60.0 Å². The highest BCUT2D eigenvalue weighted by atomic mass is 15.3. The third-order valence-electron chi connectivity index (χ3n) is 3.71. The molecular formula is C19H26N4. The van der Waals surface area contributed by atoms with Crippen molar-refractivity contribution < 1.29 is 0 Å². The Morgan fingerprint density at radius 1 is 1.35 bits per heavy atom. The molecular weight excluding hydrogens is 284 g/mol. The van der Waals surface area contributed by atoms with Crippen molar-refractivity contribution in [1.29, 1.82) is 0 Å². The first-order chi connectivity index (χ1) is 11.3. The maximum atomic E-state index is 4.78. The molecule has 0 unspecified atom stereocenters. The van der Waals surface area contributed by atoms with Gasteiger partial charge in [-0.3, -0.25) is 4.98 Å². The number of rotatable bonds is 7. The monoisotopic (exact) mass is 310 g/mol. The first kappa shape index (κ1) is 17.0. The van der Waals surface area contributed by atoms with Crippen LogP contribution in [0.2, 0.25) is 0 Å². The van der Waals surface area contributed by atoms with Crippen LogP contribution in [0.3, 0.4) is 0 Å². The van der Waals surface area contributed by atoms with E-state index in [0.717, 1.165) is 48.4 Å². The van der Waals surface area contributed by atoms with Crippen molar-refractivity contribution in [1.82, 2.24) is 15.2 Å². The molecule has 0 saturated heterocycles. The Morgan fingerprint density at radius 3 is 2.96 bits per heavy atom. The first-order valence-electron chi connectivity index (χ1n) is 8.19. The van der Waals surface area contributed by atoms with Gasteiger partial charge in [0, 0.05) is 31.7 Å². The molecule has 0 atom stereocenters. The lowest BCUT2D eigenvalue weighted by atomic mass is 10.1. The minimum Gasteiger partial charge on any atom is -0.357 e. The van der Waals surface area contributed by atoms with Gasteiger partial charge >= 0.3 is 0 Å². The number of aliphatic imine (C=N–C) groups is 1. The van der Waals surface area contributed by atoms with E-state index in [9.17, 15) is 0 Å². The number of nitrogens with one attached hydrogen (secondary N) is 1. The van der Waals surface area contributed by atoms with Crippen LogP contribution in [0.15, 0.2) is 54.2 Å². The van der Waals surface area contributed by atoms with E-state index in [1.54, 1.807) is 0 Å². The molecule has 2 rings (SSSR count). The van der Waals surface area contributed by atoms with Gasteiger partial charge in [0.15, 0.2) is 5.96 Å². The quantitative estimate of drug-likeness (QED) is 0.368. The summed E-state index contributed by atoms with van der Waals surface area (Å²) in [7, 11) is 2.08. The number of hydrogen-bond acceptors (Lipinski definition) is 2. The maximum Gasteiger partial charge on any atom is 0.193 e. The number of hydrogen-bond donors (Lipinski definition) is 1. The molecule has 0 saturated carbocycles. The Morgan fingerprint density at radius 2 is 2.17 bits per heavy atom. The molecule has 0 radical (unpaired) electrons. The van der Waals surface area contributed by atoms with Crippen molar-refractivity contribution >= 4 is 16.9 Å². The number of benzene rings is 1. The van der Waals surface area contributed by atoms with Gasteiger partial charge in [-0.2, -0.15) is 0 Å². The van der Waals surface area contributed by atoms with Crippen molar-refractivity contribution in [2.75, 3.05) is 20.1 Å². The minimum absolute atomic E-state index is 0.627. The van der Waals surface area contributed by atoms with Gasteiger partial charge < -0.3 is 10.2 Å². The maximum absolute atomic E-state index is 4.78. The Kier molecular flexibility index (Phi) is 6.60. The predicted molar refractivity (Wildman–Crippen MR) is 98.6 cm³/mol. The molecule has 23 heavy (non-hydrogen) atoms. The highest BCUT2D eigenvalue weighted by Crippen LogP contribution is 2.16. The van der Waals surface area contributed by atoms with Crippen LogP contribution < -0.4 is 5.32 Å². The van der Waals surface area contributed by atoms with Crippen LogP contribution in [0.25, 0.3) is 10.9 Å². The van der Waals surface area contributed by atoms with Crippen LogP contribution in [-0.2, 0) is 6.54 Å². The number of fused-ring (bicyclic) bond motifs is 1. The normalized spacial score (nSPS) is 11.5. The molecule has 122 valence electrons. The lowest BCUT2D eigenvalue weighted by Crippen LogP contribution is -2.39. The third-order valence-corrected chi connectivity index (χ3v) is 3.71. The molecule has 0 aliphatic rings. The highest BCUT2D eigenvalue weighted by molar-refractivity contribution is 5.83. The van der Waals surface area contributed by atoms with Gasteiger partial charge in [0.05, 0.1) is 12.1 Å². The number of aromatic nitrogens is 1. The zero-order valence-electron chi connectivity index (χ0n) is 14.1. The topological polar surface area (TPSA) is 40.5 Å². The van der Waals surface area contributed by atoms with Crippen molar-refractivity contribution in [2.24, 2.45) is 4.99 Å². The number of nitrogens with zero attached hydrogens (tertiary/aromatic N) is 3. The summed E-state index contributed by atoms with van der Waals surface area (Å²) in [6.45, 7) is 8.31. The fraction of sp³-hybridized carbons (Fsp3) is 0.368. The van der Waals surface area contributed by atoms with Gasteiger partial charge in [0.1, 0.15) is 0 Å². The summed E-state index contributed by atoms with van der Waals surface area (Å²) in [6.07, 6.45) is 5.90. The summed E-state index contributed by atoms with van der Waals surface area (Å²) in [4.78, 5) is 11.4. The molecule has 0 bridgehead atoms.